The maximum Gasteiger partial charge on any atom is 0.444 e. The summed E-state index contributed by atoms with van der Waals surface area (Å²) in [6, 6.07) is 3.41. The Bertz CT molecular complexity index is 416. The molecule has 7 heteroatoms. The number of methoxy groups -OCH3 is 1. The van der Waals surface area contributed by atoms with E-state index in [9.17, 15) is 17.6 Å². The zero-order chi connectivity index (χ0) is 12.3. The largest absolute Gasteiger partial charge is 0.492 e. The van der Waals surface area contributed by atoms with Crippen molar-refractivity contribution in [1.29, 1.82) is 0 Å². The average Bonchev–Trinajstić information content (AvgIpc) is 2.16. The van der Waals surface area contributed by atoms with Gasteiger partial charge in [0.25, 0.3) is 0 Å². The van der Waals surface area contributed by atoms with Crippen molar-refractivity contribution in [2.24, 2.45) is 4.99 Å². The Morgan fingerprint density at radius 1 is 1.38 bits per heavy atom. The first-order valence-electron chi connectivity index (χ1n) is 4.00. The molecule has 0 saturated heterocycles. The molecule has 0 fully saturated rings. The highest BCUT2D eigenvalue weighted by Crippen LogP contribution is 2.32. The second-order valence-corrected chi connectivity index (χ2v) is 3.05. The van der Waals surface area contributed by atoms with Crippen molar-refractivity contribution in [2.45, 2.75) is 6.18 Å². The number of alkyl halides is 3. The van der Waals surface area contributed by atoms with Gasteiger partial charge in [0.2, 0.25) is 5.17 Å². The molecule has 1 rings (SSSR count). The molecule has 0 aliphatic heterocycles. The molecule has 1 aromatic rings. The van der Waals surface area contributed by atoms with Crippen LogP contribution in [0.5, 0.6) is 5.75 Å². The van der Waals surface area contributed by atoms with E-state index < -0.39 is 17.2 Å². The van der Waals surface area contributed by atoms with Crippen molar-refractivity contribution in [2.75, 3.05) is 7.11 Å². The molecule has 0 radical (unpaired) electrons. The number of benzene rings is 1. The van der Waals surface area contributed by atoms with Crippen LogP contribution in [0.1, 0.15) is 0 Å². The van der Waals surface area contributed by atoms with Gasteiger partial charge in [-0.1, -0.05) is 17.7 Å². The highest BCUT2D eigenvalue weighted by Gasteiger charge is 2.34. The quantitative estimate of drug-likeness (QED) is 0.584. The Kier molecular flexibility index (Phi) is 3.74. The molecule has 1 aromatic carbocycles. The van der Waals surface area contributed by atoms with E-state index in [1.807, 2.05) is 0 Å². The first-order chi connectivity index (χ1) is 7.36. The molecule has 0 spiro atoms. The summed E-state index contributed by atoms with van der Waals surface area (Å²) in [5.74, 6) is -1.19. The zero-order valence-corrected chi connectivity index (χ0v) is 8.73. The lowest BCUT2D eigenvalue weighted by Crippen LogP contribution is -2.16. The van der Waals surface area contributed by atoms with Crippen LogP contribution >= 0.6 is 11.6 Å². The summed E-state index contributed by atoms with van der Waals surface area (Å²) in [6.07, 6.45) is -4.76. The summed E-state index contributed by atoms with van der Waals surface area (Å²) in [5, 5.41) is -1.59. The fourth-order valence-electron chi connectivity index (χ4n) is 0.957. The summed E-state index contributed by atoms with van der Waals surface area (Å²) in [6.45, 7) is 0. The minimum absolute atomic E-state index is 0.315. The lowest BCUT2D eigenvalue weighted by atomic mass is 10.3. The fourth-order valence-corrected chi connectivity index (χ4v) is 1.05. The normalized spacial score (nSPS) is 12.8. The molecule has 0 N–H and O–H groups in total. The Morgan fingerprint density at radius 3 is 2.50 bits per heavy atom. The Balaban J connectivity index is 3.20. The molecule has 16 heavy (non-hydrogen) atoms. The summed E-state index contributed by atoms with van der Waals surface area (Å²) >= 11 is 4.92. The van der Waals surface area contributed by atoms with Gasteiger partial charge in [0.05, 0.1) is 7.11 Å². The van der Waals surface area contributed by atoms with Crippen LogP contribution in [0.2, 0.25) is 0 Å². The van der Waals surface area contributed by atoms with Crippen LogP contribution in [0.25, 0.3) is 0 Å². The number of nitrogens with zero attached hydrogens (tertiary/aromatic N) is 1. The summed E-state index contributed by atoms with van der Waals surface area (Å²) in [5.41, 5.74) is -0.315. The van der Waals surface area contributed by atoms with E-state index in [4.69, 9.17) is 11.6 Å². The number of hydrogen-bond donors (Lipinski definition) is 0. The van der Waals surface area contributed by atoms with Crippen LogP contribution in [0.15, 0.2) is 23.2 Å². The molecule has 0 saturated carbocycles. The van der Waals surface area contributed by atoms with E-state index in [1.54, 1.807) is 0 Å². The average molecular weight is 256 g/mol. The van der Waals surface area contributed by atoms with Gasteiger partial charge in [-0.3, -0.25) is 0 Å². The number of aliphatic imine (C=N–C) groups is 1. The van der Waals surface area contributed by atoms with Crippen LogP contribution < -0.4 is 4.74 Å². The van der Waals surface area contributed by atoms with Gasteiger partial charge in [-0.25, -0.2) is 9.38 Å². The van der Waals surface area contributed by atoms with Crippen LogP contribution in [0.4, 0.5) is 23.2 Å². The highest BCUT2D eigenvalue weighted by molar-refractivity contribution is 6.67. The molecule has 0 heterocycles. The number of halogens is 5. The molecule has 0 aromatic heterocycles. The molecular weight excluding hydrogens is 250 g/mol. The molecule has 0 aliphatic carbocycles. The Labute approximate surface area is 93.5 Å². The molecule has 0 bridgehead atoms. The molecule has 0 atom stereocenters. The third-order valence-electron chi connectivity index (χ3n) is 1.60. The van der Waals surface area contributed by atoms with Crippen LogP contribution in [-0.2, 0) is 0 Å². The monoisotopic (exact) mass is 255 g/mol. The fraction of sp³-hybridized carbons (Fsp3) is 0.222. The Hall–Kier alpha value is -1.30. The van der Waals surface area contributed by atoms with Crippen molar-refractivity contribution in [3.8, 4) is 5.75 Å². The van der Waals surface area contributed by atoms with Gasteiger partial charge in [0.15, 0.2) is 11.6 Å². The van der Waals surface area contributed by atoms with Gasteiger partial charge < -0.3 is 4.74 Å². The molecule has 0 amide bonds. The predicted octanol–water partition coefficient (Wildman–Crippen LogP) is 3.67. The van der Waals surface area contributed by atoms with Gasteiger partial charge in [0, 0.05) is 0 Å². The molecule has 88 valence electrons. The predicted molar refractivity (Wildman–Crippen MR) is 52.0 cm³/mol. The van der Waals surface area contributed by atoms with E-state index in [0.29, 0.717) is 0 Å². The number of ether oxygens (including phenoxy) is 1. The van der Waals surface area contributed by atoms with E-state index in [-0.39, 0.29) is 11.4 Å². The number of para-hydroxylation sites is 1. The first kappa shape index (κ1) is 12.8. The van der Waals surface area contributed by atoms with Crippen molar-refractivity contribution in [3.05, 3.63) is 24.0 Å². The van der Waals surface area contributed by atoms with Gasteiger partial charge in [-0.15, -0.1) is 0 Å². The molecular formula is C9H6ClF4NO. The van der Waals surface area contributed by atoms with Gasteiger partial charge >= 0.3 is 6.18 Å². The van der Waals surface area contributed by atoms with Crippen molar-refractivity contribution in [1.82, 2.24) is 0 Å². The summed E-state index contributed by atoms with van der Waals surface area (Å²) in [7, 11) is 1.12. The lowest BCUT2D eigenvalue weighted by Gasteiger charge is -2.07. The number of hydrogen-bond acceptors (Lipinski definition) is 2. The van der Waals surface area contributed by atoms with Crippen LogP contribution in [-0.4, -0.2) is 18.5 Å². The minimum Gasteiger partial charge on any atom is -0.492 e. The smallest absolute Gasteiger partial charge is 0.444 e. The van der Waals surface area contributed by atoms with E-state index in [0.717, 1.165) is 19.2 Å². The maximum atomic E-state index is 13.1. The van der Waals surface area contributed by atoms with Gasteiger partial charge in [-0.2, -0.15) is 13.2 Å². The van der Waals surface area contributed by atoms with Gasteiger partial charge in [-0.05, 0) is 12.1 Å². The van der Waals surface area contributed by atoms with Crippen molar-refractivity contribution >= 4 is 22.5 Å². The van der Waals surface area contributed by atoms with Crippen molar-refractivity contribution < 1.29 is 22.3 Å². The summed E-state index contributed by atoms with van der Waals surface area (Å²) in [4.78, 5) is 3.05. The van der Waals surface area contributed by atoms with Crippen LogP contribution in [0.3, 0.4) is 0 Å². The molecule has 0 unspecified atom stereocenters. The SMILES string of the molecule is COc1c(F)cccc1N=C(Cl)C(F)(F)F. The third kappa shape index (κ3) is 2.85. The Morgan fingerprint density at radius 2 is 2.00 bits per heavy atom. The third-order valence-corrected chi connectivity index (χ3v) is 1.90. The maximum absolute atomic E-state index is 13.1. The van der Waals surface area contributed by atoms with E-state index in [1.165, 1.54) is 6.07 Å². The lowest BCUT2D eigenvalue weighted by molar-refractivity contribution is -0.0558. The topological polar surface area (TPSA) is 21.6 Å². The van der Waals surface area contributed by atoms with E-state index >= 15 is 0 Å². The highest BCUT2D eigenvalue weighted by atomic mass is 35.5. The second-order valence-electron chi connectivity index (χ2n) is 2.69. The van der Waals surface area contributed by atoms with Crippen molar-refractivity contribution in [3.63, 3.8) is 0 Å². The second kappa shape index (κ2) is 4.69. The zero-order valence-electron chi connectivity index (χ0n) is 7.98. The first-order valence-corrected chi connectivity index (χ1v) is 4.38. The van der Waals surface area contributed by atoms with Gasteiger partial charge in [0.1, 0.15) is 5.69 Å². The summed E-state index contributed by atoms with van der Waals surface area (Å²) < 4.78 is 53.9. The molecule has 0 aliphatic rings. The standard InChI is InChI=1S/C9H6ClF4NO/c1-16-7-5(11)3-2-4-6(7)15-8(10)9(12,13)14/h2-4H,1H3. The van der Waals surface area contributed by atoms with Crippen LogP contribution in [0, 0.1) is 5.82 Å². The number of rotatable bonds is 2. The molecule has 2 nitrogen and oxygen atoms in total. The van der Waals surface area contributed by atoms with E-state index in [2.05, 4.69) is 9.73 Å². The minimum atomic E-state index is -4.76.